The largest absolute Gasteiger partial charge is 0.478 e. The molecule has 8 aromatic rings. The molecule has 4 heterocycles. The molecular weight excluding hydrogens is 685 g/mol. The number of nitrogens with zero attached hydrogens (tertiary/aromatic N) is 4. The van der Waals surface area contributed by atoms with Crippen LogP contribution in [-0.2, 0) is 4.74 Å². The summed E-state index contributed by atoms with van der Waals surface area (Å²) >= 11 is 0. The van der Waals surface area contributed by atoms with Gasteiger partial charge in [0.2, 0.25) is 0 Å². The van der Waals surface area contributed by atoms with Crippen molar-refractivity contribution >= 4 is 68.4 Å². The summed E-state index contributed by atoms with van der Waals surface area (Å²) in [6.45, 7) is 2.12. The maximum absolute atomic E-state index is 11.9. The molecule has 0 saturated heterocycles. The normalized spacial score (nSPS) is 10.8. The van der Waals surface area contributed by atoms with Crippen LogP contribution in [0.5, 0.6) is 0 Å². The Morgan fingerprint density at radius 2 is 1.13 bits per heavy atom. The molecule has 14 heteroatoms. The van der Waals surface area contributed by atoms with E-state index in [4.69, 9.17) is 21.3 Å². The number of nitrogens with one attached hydrogen (secondary N) is 4. The topological polar surface area (TPSA) is 223 Å². The van der Waals surface area contributed by atoms with E-state index < -0.39 is 5.97 Å². The number of aromatic amines is 2. The Hall–Kier alpha value is -7.74. The molecule has 0 spiro atoms. The Balaban J connectivity index is 0.000000167. The van der Waals surface area contributed by atoms with Gasteiger partial charge in [-0.1, -0.05) is 24.3 Å². The highest BCUT2D eigenvalue weighted by Crippen LogP contribution is 2.30. The Morgan fingerprint density at radius 3 is 1.63 bits per heavy atom. The summed E-state index contributed by atoms with van der Waals surface area (Å²) in [7, 11) is 0. The van der Waals surface area contributed by atoms with Gasteiger partial charge in [-0.25, -0.2) is 19.6 Å². The van der Waals surface area contributed by atoms with Crippen LogP contribution in [0.15, 0.2) is 122 Å². The average molecular weight is 719 g/mol. The van der Waals surface area contributed by atoms with Crippen LogP contribution in [0.3, 0.4) is 0 Å². The lowest BCUT2D eigenvalue weighted by atomic mass is 10.0. The zero-order valence-electron chi connectivity index (χ0n) is 28.9. The van der Waals surface area contributed by atoms with Gasteiger partial charge in [-0.05, 0) is 114 Å². The fourth-order valence-corrected chi connectivity index (χ4v) is 5.75. The number of anilines is 6. The van der Waals surface area contributed by atoms with Gasteiger partial charge >= 0.3 is 11.9 Å². The van der Waals surface area contributed by atoms with Crippen LogP contribution >= 0.6 is 0 Å². The van der Waals surface area contributed by atoms with Crippen molar-refractivity contribution in [1.29, 1.82) is 0 Å². The second-order valence-electron chi connectivity index (χ2n) is 12.0. The third-order valence-corrected chi connectivity index (χ3v) is 8.40. The molecule has 0 aliphatic heterocycles. The number of carbonyl (C=O) groups excluding carboxylic acids is 1. The number of rotatable bonds is 9. The summed E-state index contributed by atoms with van der Waals surface area (Å²) in [6, 6.07) is 33.2. The zero-order chi connectivity index (χ0) is 37.6. The molecule has 0 aliphatic carbocycles. The number of nitrogens with two attached hydrogens (primary N) is 2. The number of carboxylic acid groups (broad SMARTS) is 1. The van der Waals surface area contributed by atoms with Gasteiger partial charge in [0, 0.05) is 34.5 Å². The van der Waals surface area contributed by atoms with E-state index in [1.807, 2.05) is 66.7 Å². The predicted octanol–water partition coefficient (Wildman–Crippen LogP) is 7.78. The van der Waals surface area contributed by atoms with Crippen LogP contribution in [0.4, 0.5) is 34.6 Å². The number of hydrogen-bond donors (Lipinski definition) is 7. The van der Waals surface area contributed by atoms with Gasteiger partial charge in [0.25, 0.3) is 0 Å². The van der Waals surface area contributed by atoms with Crippen molar-refractivity contribution in [2.24, 2.45) is 0 Å². The number of nitrogen functional groups attached to an aromatic ring is 2. The minimum Gasteiger partial charge on any atom is -0.478 e. The first-order valence-electron chi connectivity index (χ1n) is 16.8. The zero-order valence-corrected chi connectivity index (χ0v) is 28.9. The molecule has 0 bridgehead atoms. The molecule has 8 rings (SSSR count). The molecule has 54 heavy (non-hydrogen) atoms. The van der Waals surface area contributed by atoms with Gasteiger partial charge in [-0.15, -0.1) is 0 Å². The maximum Gasteiger partial charge on any atom is 0.338 e. The smallest absolute Gasteiger partial charge is 0.338 e. The molecule has 0 amide bonds. The van der Waals surface area contributed by atoms with Crippen molar-refractivity contribution in [1.82, 2.24) is 30.4 Å². The molecule has 0 saturated carbocycles. The highest BCUT2D eigenvalue weighted by Gasteiger charge is 2.10. The fourth-order valence-electron chi connectivity index (χ4n) is 5.75. The average Bonchev–Trinajstić information content (AvgIpc) is 3.76. The number of aromatic nitrogens is 6. The van der Waals surface area contributed by atoms with Crippen molar-refractivity contribution in [2.45, 2.75) is 6.92 Å². The summed E-state index contributed by atoms with van der Waals surface area (Å²) in [5.74, 6) is 0.893. The molecule has 9 N–H and O–H groups in total. The van der Waals surface area contributed by atoms with Crippen molar-refractivity contribution < 1.29 is 19.4 Å². The van der Waals surface area contributed by atoms with Gasteiger partial charge in [-0.3, -0.25) is 10.2 Å². The monoisotopic (exact) mass is 718 g/mol. The van der Waals surface area contributed by atoms with E-state index in [2.05, 4.69) is 41.0 Å². The predicted molar refractivity (Wildman–Crippen MR) is 210 cm³/mol. The minimum absolute atomic E-state index is 0.215. The molecule has 4 aromatic carbocycles. The minimum atomic E-state index is -0.971. The number of pyridine rings is 2. The first-order valence-corrected chi connectivity index (χ1v) is 16.8. The summed E-state index contributed by atoms with van der Waals surface area (Å²) < 4.78 is 5.05. The van der Waals surface area contributed by atoms with E-state index in [9.17, 15) is 9.59 Å². The molecular formula is C40H34N10O4. The molecule has 14 nitrogen and oxygen atoms in total. The van der Waals surface area contributed by atoms with Crippen LogP contribution < -0.4 is 22.1 Å². The molecule has 0 fully saturated rings. The number of carboxylic acids is 1. The van der Waals surface area contributed by atoms with E-state index in [1.54, 1.807) is 61.8 Å². The van der Waals surface area contributed by atoms with Gasteiger partial charge in [-0.2, -0.15) is 10.2 Å². The highest BCUT2D eigenvalue weighted by atomic mass is 16.5. The van der Waals surface area contributed by atoms with Crippen molar-refractivity contribution in [3.8, 4) is 22.3 Å². The Morgan fingerprint density at radius 1 is 0.648 bits per heavy atom. The van der Waals surface area contributed by atoms with Crippen molar-refractivity contribution in [3.05, 3.63) is 133 Å². The SMILES string of the molecule is CCOC(=O)c1cccc(Nc2cc(-c3ccc4[nH]nc(N)c4c3)ccn2)c1.Nc1n[nH]c2ccc(-c3ccnc(Nc4cccc(C(=O)O)c4)c3)cc12. The van der Waals surface area contributed by atoms with E-state index in [0.717, 1.165) is 49.7 Å². The maximum atomic E-state index is 11.9. The molecule has 268 valence electrons. The van der Waals surface area contributed by atoms with E-state index in [0.29, 0.717) is 41.1 Å². The van der Waals surface area contributed by atoms with Crippen LogP contribution in [0.1, 0.15) is 27.6 Å². The van der Waals surface area contributed by atoms with E-state index >= 15 is 0 Å². The second-order valence-corrected chi connectivity index (χ2v) is 12.0. The number of benzene rings is 4. The fraction of sp³-hybridized carbons (Fsp3) is 0.0500. The lowest BCUT2D eigenvalue weighted by molar-refractivity contribution is 0.0526. The quantitative estimate of drug-likeness (QED) is 0.0711. The van der Waals surface area contributed by atoms with Crippen LogP contribution in [0.2, 0.25) is 0 Å². The van der Waals surface area contributed by atoms with E-state index in [-0.39, 0.29) is 11.5 Å². The molecule has 0 aliphatic rings. The van der Waals surface area contributed by atoms with Gasteiger partial charge in [0.15, 0.2) is 11.6 Å². The molecule has 0 atom stereocenters. The Labute approximate surface area is 308 Å². The number of fused-ring (bicyclic) bond motifs is 2. The number of esters is 1. The Bertz CT molecular complexity index is 2630. The number of H-pyrrole nitrogens is 2. The van der Waals surface area contributed by atoms with Gasteiger partial charge in [0.1, 0.15) is 11.6 Å². The number of carbonyl (C=O) groups is 2. The Kier molecular flexibility index (Phi) is 9.80. The summed E-state index contributed by atoms with van der Waals surface area (Å²) in [4.78, 5) is 31.7. The lowest BCUT2D eigenvalue weighted by Crippen LogP contribution is -2.05. The lowest BCUT2D eigenvalue weighted by Gasteiger charge is -2.09. The highest BCUT2D eigenvalue weighted by molar-refractivity contribution is 5.94. The van der Waals surface area contributed by atoms with Crippen LogP contribution in [0, 0.1) is 0 Å². The number of hydrogen-bond acceptors (Lipinski definition) is 11. The first-order chi connectivity index (χ1) is 26.2. The van der Waals surface area contributed by atoms with E-state index in [1.165, 1.54) is 0 Å². The third-order valence-electron chi connectivity index (χ3n) is 8.40. The second kappa shape index (κ2) is 15.2. The molecule has 0 radical (unpaired) electrons. The molecule has 0 unspecified atom stereocenters. The van der Waals surface area contributed by atoms with Crippen LogP contribution in [-0.4, -0.2) is 54.0 Å². The molecule has 4 aromatic heterocycles. The van der Waals surface area contributed by atoms with Gasteiger partial charge < -0.3 is 31.9 Å². The van der Waals surface area contributed by atoms with Crippen molar-refractivity contribution in [3.63, 3.8) is 0 Å². The van der Waals surface area contributed by atoms with Crippen LogP contribution in [0.25, 0.3) is 44.1 Å². The van der Waals surface area contributed by atoms with Gasteiger partial charge in [0.05, 0.1) is 28.8 Å². The first kappa shape index (κ1) is 34.7. The third kappa shape index (κ3) is 7.77. The summed E-state index contributed by atoms with van der Waals surface area (Å²) in [5.41, 5.74) is 19.6. The van der Waals surface area contributed by atoms with Crippen molar-refractivity contribution in [2.75, 3.05) is 28.7 Å². The standard InChI is InChI=1S/C21H19N5O2.C19H15N5O2/c1-2-28-21(27)15-4-3-5-16(10-15)24-19-12-14(8-9-23-19)13-6-7-18-17(11-13)20(22)26-25-18;20-18-15-9-11(4-5-16(15)23-24-18)12-6-7-21-17(10-12)22-14-3-1-2-13(8-14)19(25)26/h3-12H,2H2,1H3,(H,23,24)(H3,22,25,26);1-10H,(H,21,22)(H,25,26)(H3,20,23,24). The number of ether oxygens (including phenoxy) is 1. The summed E-state index contributed by atoms with van der Waals surface area (Å²) in [6.07, 6.45) is 3.43. The number of aromatic carboxylic acids is 1. The summed E-state index contributed by atoms with van der Waals surface area (Å²) in [5, 5.41) is 31.0.